The van der Waals surface area contributed by atoms with Gasteiger partial charge in [0.15, 0.2) is 5.69 Å². The van der Waals surface area contributed by atoms with Crippen LogP contribution in [0.15, 0.2) is 48.5 Å². The van der Waals surface area contributed by atoms with Crippen LogP contribution in [-0.2, 0) is 4.79 Å². The van der Waals surface area contributed by atoms with Gasteiger partial charge in [0.1, 0.15) is 5.78 Å². The van der Waals surface area contributed by atoms with Crippen LogP contribution in [-0.4, -0.2) is 17.0 Å². The van der Waals surface area contributed by atoms with Gasteiger partial charge in [-0.15, -0.1) is 0 Å². The molecule has 1 aliphatic heterocycles. The van der Waals surface area contributed by atoms with Crippen molar-refractivity contribution in [3.63, 3.8) is 0 Å². The fourth-order valence-electron chi connectivity index (χ4n) is 4.59. The van der Waals surface area contributed by atoms with Crippen molar-refractivity contribution in [2.75, 3.05) is 10.6 Å². The van der Waals surface area contributed by atoms with Crippen LogP contribution >= 0.6 is 0 Å². The lowest BCUT2D eigenvalue weighted by Gasteiger charge is -2.42. The molecule has 4 atom stereocenters. The molecule has 4 N–H and O–H groups in total. The second kappa shape index (κ2) is 6.64. The molecular formula is C21H25N3O3. The van der Waals surface area contributed by atoms with Crippen LogP contribution in [0.5, 0.6) is 0 Å². The smallest absolute Gasteiger partial charge is 0.169 e. The Morgan fingerprint density at radius 1 is 1.07 bits per heavy atom. The number of hydrogen-bond donors (Lipinski definition) is 4. The molecular weight excluding hydrogens is 342 g/mol. The van der Waals surface area contributed by atoms with Gasteiger partial charge in [0.25, 0.3) is 0 Å². The Morgan fingerprint density at radius 2 is 1.70 bits per heavy atom. The van der Waals surface area contributed by atoms with Gasteiger partial charge in [-0.25, -0.2) is 5.21 Å². The number of quaternary nitrogens is 1. The molecule has 0 aromatic heterocycles. The van der Waals surface area contributed by atoms with Crippen LogP contribution in [0.4, 0.5) is 17.1 Å². The first-order chi connectivity index (χ1) is 12.9. The average molecular weight is 367 g/mol. The molecule has 142 valence electrons. The topological polar surface area (TPSA) is 88.9 Å². The van der Waals surface area contributed by atoms with Gasteiger partial charge in [-0.3, -0.25) is 4.79 Å². The molecule has 0 saturated heterocycles. The minimum Gasteiger partial charge on any atom is -0.595 e. The number of carbonyl (C=O) groups excluding carboxylic acids is 1. The number of carbonyl (C=O) groups is 1. The second-order valence-electron chi connectivity index (χ2n) is 8.35. The molecule has 0 amide bonds. The number of benzene rings is 2. The summed E-state index contributed by atoms with van der Waals surface area (Å²) >= 11 is 0. The van der Waals surface area contributed by atoms with Gasteiger partial charge in [-0.1, -0.05) is 44.2 Å². The van der Waals surface area contributed by atoms with E-state index >= 15 is 0 Å². The lowest BCUT2D eigenvalue weighted by atomic mass is 9.66. The average Bonchev–Trinajstić information content (AvgIpc) is 2.76. The van der Waals surface area contributed by atoms with E-state index in [9.17, 15) is 15.2 Å². The normalized spacial score (nSPS) is 27.4. The lowest BCUT2D eigenvalue weighted by molar-refractivity contribution is -0.991. The molecule has 2 aliphatic rings. The molecule has 0 spiro atoms. The van der Waals surface area contributed by atoms with Gasteiger partial charge in [0.05, 0.1) is 23.3 Å². The molecule has 4 unspecified atom stereocenters. The van der Waals surface area contributed by atoms with Crippen LogP contribution in [0, 0.1) is 16.5 Å². The zero-order valence-electron chi connectivity index (χ0n) is 15.5. The Morgan fingerprint density at radius 3 is 2.41 bits per heavy atom. The van der Waals surface area contributed by atoms with Crippen molar-refractivity contribution in [3.05, 3.63) is 59.3 Å². The first kappa shape index (κ1) is 18.0. The molecule has 0 bridgehead atoms. The summed E-state index contributed by atoms with van der Waals surface area (Å²) in [7, 11) is 0. The zero-order chi connectivity index (χ0) is 19.2. The summed E-state index contributed by atoms with van der Waals surface area (Å²) in [5, 5.41) is 27.6. The highest BCUT2D eigenvalue weighted by atomic mass is 16.8. The molecule has 1 fully saturated rings. The van der Waals surface area contributed by atoms with Crippen molar-refractivity contribution < 1.29 is 15.2 Å². The van der Waals surface area contributed by atoms with E-state index < -0.39 is 5.23 Å². The summed E-state index contributed by atoms with van der Waals surface area (Å²) in [6.45, 7) is 4.24. The minimum atomic E-state index is -0.974. The van der Waals surface area contributed by atoms with E-state index in [1.165, 1.54) is 0 Å². The molecule has 6 nitrogen and oxygen atoms in total. The van der Waals surface area contributed by atoms with Crippen molar-refractivity contribution >= 4 is 22.8 Å². The Kier molecular flexibility index (Phi) is 4.42. The van der Waals surface area contributed by atoms with Crippen molar-refractivity contribution in [3.8, 4) is 0 Å². The van der Waals surface area contributed by atoms with E-state index in [4.69, 9.17) is 0 Å². The van der Waals surface area contributed by atoms with E-state index in [2.05, 4.69) is 24.5 Å². The van der Waals surface area contributed by atoms with E-state index in [-0.39, 0.29) is 34.9 Å². The Balaban J connectivity index is 1.85. The second-order valence-corrected chi connectivity index (χ2v) is 8.35. The highest BCUT2D eigenvalue weighted by Crippen LogP contribution is 2.47. The Labute approximate surface area is 158 Å². The number of hydrogen-bond acceptors (Lipinski definition) is 5. The predicted octanol–water partition coefficient (Wildman–Crippen LogP) is 3.04. The number of para-hydroxylation sites is 3. The van der Waals surface area contributed by atoms with Crippen molar-refractivity contribution in [1.29, 1.82) is 0 Å². The molecule has 27 heavy (non-hydrogen) atoms. The summed E-state index contributed by atoms with van der Waals surface area (Å²) in [4.78, 5) is 13.2. The van der Waals surface area contributed by atoms with Crippen molar-refractivity contribution in [1.82, 2.24) is 0 Å². The standard InChI is InChI=1S/C21H25N3O3/c1-21(2)11-16-19(18(25)12-21)20(13-7-3-6-10-17(13)24(26)27)23-15-9-5-4-8-14(15)22-16/h3-10,16,19-20,22-24,26H,11-12H2,1-2H3. The molecule has 6 heteroatoms. The zero-order valence-corrected chi connectivity index (χ0v) is 15.5. The number of nitrogens with one attached hydrogen (secondary N) is 3. The van der Waals surface area contributed by atoms with Crippen LogP contribution in [0.3, 0.4) is 0 Å². The third-order valence-corrected chi connectivity index (χ3v) is 5.69. The SMILES string of the molecule is CC1(C)CC(=O)C2C(C1)Nc1ccccc1NC2c1ccccc1[NH+]([O-])O. The third kappa shape index (κ3) is 3.32. The van der Waals surface area contributed by atoms with Gasteiger partial charge in [-0.2, -0.15) is 5.23 Å². The molecule has 4 rings (SSSR count). The Bertz CT molecular complexity index is 865. The largest absolute Gasteiger partial charge is 0.595 e. The third-order valence-electron chi connectivity index (χ3n) is 5.69. The molecule has 2 aromatic rings. The summed E-state index contributed by atoms with van der Waals surface area (Å²) in [5.74, 6) is -0.153. The highest BCUT2D eigenvalue weighted by molar-refractivity contribution is 5.87. The maximum Gasteiger partial charge on any atom is 0.169 e. The molecule has 1 heterocycles. The van der Waals surface area contributed by atoms with Gasteiger partial charge in [0, 0.05) is 24.1 Å². The summed E-state index contributed by atoms with van der Waals surface area (Å²) in [5.41, 5.74) is 2.66. The molecule has 1 saturated carbocycles. The van der Waals surface area contributed by atoms with Crippen LogP contribution in [0.25, 0.3) is 0 Å². The highest BCUT2D eigenvalue weighted by Gasteiger charge is 2.47. The summed E-state index contributed by atoms with van der Waals surface area (Å²) in [6, 6.07) is 14.4. The molecule has 0 radical (unpaired) electrons. The Hall–Kier alpha value is -2.41. The van der Waals surface area contributed by atoms with E-state index in [0.717, 1.165) is 17.8 Å². The number of Topliss-reactive ketones (excluding diaryl/α,β-unsaturated/α-hetero) is 1. The minimum absolute atomic E-state index is 0.0516. The van der Waals surface area contributed by atoms with Crippen LogP contribution in [0.2, 0.25) is 0 Å². The lowest BCUT2D eigenvalue weighted by Crippen LogP contribution is -2.99. The van der Waals surface area contributed by atoms with Crippen molar-refractivity contribution in [2.45, 2.75) is 38.8 Å². The van der Waals surface area contributed by atoms with Crippen molar-refractivity contribution in [2.24, 2.45) is 11.3 Å². The number of rotatable bonds is 2. The number of fused-ring (bicyclic) bond motifs is 2. The van der Waals surface area contributed by atoms with E-state index in [1.54, 1.807) is 12.1 Å². The molecule has 1 aliphatic carbocycles. The quantitative estimate of drug-likeness (QED) is 0.613. The van der Waals surface area contributed by atoms with Gasteiger partial charge < -0.3 is 15.8 Å². The fraction of sp³-hybridized carbons (Fsp3) is 0.381. The van der Waals surface area contributed by atoms with Crippen LogP contribution in [0.1, 0.15) is 38.3 Å². The first-order valence-corrected chi connectivity index (χ1v) is 9.33. The first-order valence-electron chi connectivity index (χ1n) is 9.33. The van der Waals surface area contributed by atoms with E-state index in [0.29, 0.717) is 12.0 Å². The van der Waals surface area contributed by atoms with Crippen LogP contribution < -0.4 is 15.9 Å². The maximum absolute atomic E-state index is 13.2. The number of anilines is 2. The summed E-state index contributed by atoms with van der Waals surface area (Å²) < 4.78 is 0. The predicted molar refractivity (Wildman–Crippen MR) is 104 cm³/mol. The monoisotopic (exact) mass is 367 g/mol. The molecule has 2 aromatic carbocycles. The maximum atomic E-state index is 13.2. The van der Waals surface area contributed by atoms with Gasteiger partial charge in [0.2, 0.25) is 0 Å². The van der Waals surface area contributed by atoms with Gasteiger partial charge >= 0.3 is 0 Å². The van der Waals surface area contributed by atoms with E-state index in [1.807, 2.05) is 36.4 Å². The fourth-order valence-corrected chi connectivity index (χ4v) is 4.59. The number of ketones is 1. The summed E-state index contributed by atoms with van der Waals surface area (Å²) in [6.07, 6.45) is 1.35. The van der Waals surface area contributed by atoms with Gasteiger partial charge in [-0.05, 0) is 24.0 Å².